The van der Waals surface area contributed by atoms with Crippen LogP contribution in [0, 0.1) is 0 Å². The molecule has 0 unspecified atom stereocenters. The third kappa shape index (κ3) is 4.34. The van der Waals surface area contributed by atoms with Crippen LogP contribution in [0.25, 0.3) is 0 Å². The number of hydrogen-bond acceptors (Lipinski definition) is 4. The van der Waals surface area contributed by atoms with Crippen LogP contribution in [0.3, 0.4) is 0 Å². The molecule has 3 rings (SSSR count). The second-order valence-electron chi connectivity index (χ2n) is 7.79. The maximum atomic E-state index is 12.9. The van der Waals surface area contributed by atoms with Crippen molar-refractivity contribution in [1.29, 1.82) is 0 Å². The zero-order valence-electron chi connectivity index (χ0n) is 15.8. The Labute approximate surface area is 156 Å². The summed E-state index contributed by atoms with van der Waals surface area (Å²) < 4.78 is 29.3. The molecule has 142 valence electrons. The molecular weight excluding hydrogens is 348 g/mol. The van der Waals surface area contributed by atoms with E-state index < -0.39 is 10.0 Å². The Morgan fingerprint density at radius 2 is 1.65 bits per heavy atom. The van der Waals surface area contributed by atoms with E-state index in [1.165, 1.54) is 0 Å². The van der Waals surface area contributed by atoms with Gasteiger partial charge in [-0.05, 0) is 29.2 Å². The molecule has 0 saturated carbocycles. The lowest BCUT2D eigenvalue weighted by molar-refractivity contribution is 0.181. The van der Waals surface area contributed by atoms with Crippen molar-refractivity contribution in [3.8, 4) is 0 Å². The normalized spacial score (nSPS) is 17.5. The minimum Gasteiger partial charge on any atom is -0.299 e. The van der Waals surface area contributed by atoms with Crippen molar-refractivity contribution < 1.29 is 8.42 Å². The molecule has 0 aliphatic carbocycles. The third-order valence-corrected chi connectivity index (χ3v) is 6.81. The Hall–Kier alpha value is -1.70. The number of piperazine rings is 1. The summed E-state index contributed by atoms with van der Waals surface area (Å²) in [7, 11) is -3.42. The number of nitrogens with zero attached hydrogens (tertiary/aromatic N) is 4. The second-order valence-corrected chi connectivity index (χ2v) is 9.73. The average Bonchev–Trinajstić information content (AvgIpc) is 3.13. The number of hydrogen-bond donors (Lipinski definition) is 0. The Kier molecular flexibility index (Phi) is 5.50. The predicted octanol–water partition coefficient (Wildman–Crippen LogP) is 2.19. The first-order valence-corrected chi connectivity index (χ1v) is 10.5. The smallest absolute Gasteiger partial charge is 0.243 e. The molecule has 0 atom stereocenters. The highest BCUT2D eigenvalue weighted by Crippen LogP contribution is 2.25. The van der Waals surface area contributed by atoms with E-state index in [0.717, 1.165) is 31.7 Å². The first-order valence-electron chi connectivity index (χ1n) is 9.07. The van der Waals surface area contributed by atoms with Gasteiger partial charge in [0.15, 0.2) is 0 Å². The van der Waals surface area contributed by atoms with Crippen molar-refractivity contribution in [3.05, 3.63) is 48.3 Å². The van der Waals surface area contributed by atoms with Gasteiger partial charge in [0.05, 0.1) is 11.4 Å². The van der Waals surface area contributed by atoms with Crippen LogP contribution >= 0.6 is 0 Å². The van der Waals surface area contributed by atoms with E-state index >= 15 is 0 Å². The van der Waals surface area contributed by atoms with Gasteiger partial charge in [-0.2, -0.15) is 9.40 Å². The molecule has 0 bridgehead atoms. The average molecular weight is 377 g/mol. The van der Waals surface area contributed by atoms with Gasteiger partial charge < -0.3 is 0 Å². The summed E-state index contributed by atoms with van der Waals surface area (Å²) in [6.45, 7) is 10.6. The molecule has 26 heavy (non-hydrogen) atoms. The fraction of sp³-hybridized carbons (Fsp3) is 0.526. The molecule has 6 nitrogen and oxygen atoms in total. The fourth-order valence-corrected chi connectivity index (χ4v) is 4.57. The van der Waals surface area contributed by atoms with Crippen LogP contribution in [0.5, 0.6) is 0 Å². The summed E-state index contributed by atoms with van der Waals surface area (Å²) in [5, 5.41) is 4.20. The predicted molar refractivity (Wildman–Crippen MR) is 103 cm³/mol. The topological polar surface area (TPSA) is 58.4 Å². The molecule has 0 spiro atoms. The highest BCUT2D eigenvalue weighted by atomic mass is 32.2. The maximum absolute atomic E-state index is 12.9. The Morgan fingerprint density at radius 3 is 2.19 bits per heavy atom. The van der Waals surface area contributed by atoms with Crippen molar-refractivity contribution in [3.63, 3.8) is 0 Å². The quantitative estimate of drug-likeness (QED) is 0.803. The van der Waals surface area contributed by atoms with Gasteiger partial charge in [-0.15, -0.1) is 0 Å². The van der Waals surface area contributed by atoms with E-state index in [1.54, 1.807) is 22.6 Å². The number of rotatable bonds is 5. The molecule has 0 radical (unpaired) electrons. The summed E-state index contributed by atoms with van der Waals surface area (Å²) in [5.74, 6) is 0. The van der Waals surface area contributed by atoms with Crippen LogP contribution < -0.4 is 0 Å². The molecule has 1 saturated heterocycles. The first-order chi connectivity index (χ1) is 12.3. The molecule has 7 heteroatoms. The molecule has 1 fully saturated rings. The van der Waals surface area contributed by atoms with Crippen molar-refractivity contribution in [2.75, 3.05) is 32.7 Å². The SMILES string of the molecule is CC(C)(C)c1ccc(S(=O)(=O)N2CCN(CCn3cccn3)CC2)cc1. The zero-order chi connectivity index (χ0) is 18.8. The van der Waals surface area contributed by atoms with Crippen molar-refractivity contribution >= 4 is 10.0 Å². The summed E-state index contributed by atoms with van der Waals surface area (Å²) >= 11 is 0. The summed E-state index contributed by atoms with van der Waals surface area (Å²) in [6.07, 6.45) is 3.72. The monoisotopic (exact) mass is 376 g/mol. The van der Waals surface area contributed by atoms with E-state index in [4.69, 9.17) is 0 Å². The largest absolute Gasteiger partial charge is 0.299 e. The van der Waals surface area contributed by atoms with Crippen LogP contribution in [0.15, 0.2) is 47.6 Å². The van der Waals surface area contributed by atoms with Crippen LogP contribution in [0.4, 0.5) is 0 Å². The van der Waals surface area contributed by atoms with Crippen LogP contribution in [-0.2, 0) is 22.0 Å². The standard InChI is InChI=1S/C19H28N4O2S/c1-19(2,3)17-5-7-18(8-6-17)26(24,25)23-15-12-21(13-16-23)11-14-22-10-4-9-20-22/h4-10H,11-16H2,1-3H3. The van der Waals surface area contributed by atoms with E-state index in [0.29, 0.717) is 18.0 Å². The Morgan fingerprint density at radius 1 is 1.00 bits per heavy atom. The minimum absolute atomic E-state index is 0.0164. The number of aromatic nitrogens is 2. The lowest BCUT2D eigenvalue weighted by Crippen LogP contribution is -2.49. The van der Waals surface area contributed by atoms with Crippen LogP contribution in [-0.4, -0.2) is 60.1 Å². The van der Waals surface area contributed by atoms with E-state index in [-0.39, 0.29) is 5.41 Å². The molecular formula is C19H28N4O2S. The molecule has 0 N–H and O–H groups in total. The van der Waals surface area contributed by atoms with E-state index in [2.05, 4.69) is 30.8 Å². The zero-order valence-corrected chi connectivity index (χ0v) is 16.6. The van der Waals surface area contributed by atoms with Gasteiger partial charge in [0.2, 0.25) is 10.0 Å². The molecule has 0 amide bonds. The van der Waals surface area contributed by atoms with Crippen LogP contribution in [0.2, 0.25) is 0 Å². The summed E-state index contributed by atoms with van der Waals surface area (Å²) in [4.78, 5) is 2.67. The maximum Gasteiger partial charge on any atom is 0.243 e. The fourth-order valence-electron chi connectivity index (χ4n) is 3.15. The second kappa shape index (κ2) is 7.50. The van der Waals surface area contributed by atoms with Gasteiger partial charge in [-0.25, -0.2) is 8.42 Å². The van der Waals surface area contributed by atoms with Crippen molar-refractivity contribution in [1.82, 2.24) is 19.0 Å². The Balaban J connectivity index is 1.59. The van der Waals surface area contributed by atoms with E-state index in [1.807, 2.05) is 29.1 Å². The first kappa shape index (κ1) is 19.1. The molecule has 1 aromatic carbocycles. The number of sulfonamides is 1. The van der Waals surface area contributed by atoms with Gasteiger partial charge in [-0.3, -0.25) is 9.58 Å². The lowest BCUT2D eigenvalue weighted by atomic mass is 9.87. The van der Waals surface area contributed by atoms with Crippen molar-refractivity contribution in [2.45, 2.75) is 37.6 Å². The van der Waals surface area contributed by atoms with E-state index in [9.17, 15) is 8.42 Å². The van der Waals surface area contributed by atoms with Crippen molar-refractivity contribution in [2.24, 2.45) is 0 Å². The highest BCUT2D eigenvalue weighted by molar-refractivity contribution is 7.89. The lowest BCUT2D eigenvalue weighted by Gasteiger charge is -2.34. The molecule has 2 heterocycles. The van der Waals surface area contributed by atoms with Gasteiger partial charge in [0, 0.05) is 45.1 Å². The number of benzene rings is 1. The van der Waals surface area contributed by atoms with Crippen LogP contribution in [0.1, 0.15) is 26.3 Å². The highest BCUT2D eigenvalue weighted by Gasteiger charge is 2.28. The van der Waals surface area contributed by atoms with Gasteiger partial charge in [-0.1, -0.05) is 32.9 Å². The van der Waals surface area contributed by atoms with Gasteiger partial charge in [0.25, 0.3) is 0 Å². The molecule has 1 aliphatic heterocycles. The molecule has 2 aromatic rings. The molecule has 1 aliphatic rings. The minimum atomic E-state index is -3.42. The molecule has 1 aromatic heterocycles. The Bertz CT molecular complexity index is 800. The third-order valence-electron chi connectivity index (χ3n) is 4.89. The van der Waals surface area contributed by atoms with Gasteiger partial charge in [0.1, 0.15) is 0 Å². The summed E-state index contributed by atoms with van der Waals surface area (Å²) in [6, 6.07) is 9.23. The summed E-state index contributed by atoms with van der Waals surface area (Å²) in [5.41, 5.74) is 1.16. The van der Waals surface area contributed by atoms with Gasteiger partial charge >= 0.3 is 0 Å².